The summed E-state index contributed by atoms with van der Waals surface area (Å²) in [5, 5.41) is 3.74. The lowest BCUT2D eigenvalue weighted by atomic mass is 9.88. The van der Waals surface area contributed by atoms with E-state index in [2.05, 4.69) is 47.6 Å². The highest BCUT2D eigenvalue weighted by atomic mass is 14.9. The van der Waals surface area contributed by atoms with Crippen molar-refractivity contribution in [1.82, 2.24) is 10.3 Å². The molecule has 2 unspecified atom stereocenters. The quantitative estimate of drug-likeness (QED) is 0.906. The molecule has 0 spiro atoms. The first kappa shape index (κ1) is 12.4. The Bertz CT molecular complexity index is 536. The number of aromatic nitrogens is 1. The molecule has 0 amide bonds. The van der Waals surface area contributed by atoms with Crippen LogP contribution in [0.1, 0.15) is 36.1 Å². The molecule has 19 heavy (non-hydrogen) atoms. The summed E-state index contributed by atoms with van der Waals surface area (Å²) >= 11 is 0. The van der Waals surface area contributed by atoms with Gasteiger partial charge in [-0.2, -0.15) is 0 Å². The summed E-state index contributed by atoms with van der Waals surface area (Å²) in [4.78, 5) is 4.19. The molecule has 1 aliphatic carbocycles. The number of nitrogens with zero attached hydrogens (tertiary/aromatic N) is 1. The lowest BCUT2D eigenvalue weighted by Crippen LogP contribution is -2.36. The summed E-state index contributed by atoms with van der Waals surface area (Å²) < 4.78 is 0. The second kappa shape index (κ2) is 5.54. The smallest absolute Gasteiger partial charge is 0.0315 e. The molecule has 2 aromatic rings. The van der Waals surface area contributed by atoms with Gasteiger partial charge in [0.25, 0.3) is 0 Å². The van der Waals surface area contributed by atoms with Crippen molar-refractivity contribution in [2.75, 3.05) is 0 Å². The normalized spacial score (nSPS) is 19.7. The van der Waals surface area contributed by atoms with Crippen molar-refractivity contribution >= 4 is 0 Å². The van der Waals surface area contributed by atoms with Gasteiger partial charge < -0.3 is 5.32 Å². The number of rotatable bonds is 3. The van der Waals surface area contributed by atoms with Gasteiger partial charge in [0.1, 0.15) is 0 Å². The first-order valence-electron chi connectivity index (χ1n) is 7.05. The number of fused-ring (bicyclic) bond motifs is 1. The Morgan fingerprint density at radius 1 is 1.16 bits per heavy atom. The fourth-order valence-electron chi connectivity index (χ4n) is 2.92. The molecule has 0 radical (unpaired) electrons. The van der Waals surface area contributed by atoms with E-state index in [-0.39, 0.29) is 0 Å². The Hall–Kier alpha value is -1.67. The number of aryl methyl sites for hydroxylation is 1. The van der Waals surface area contributed by atoms with Gasteiger partial charge in [0, 0.05) is 24.5 Å². The average molecular weight is 252 g/mol. The molecule has 0 saturated heterocycles. The molecular formula is C17H20N2. The molecule has 2 heteroatoms. The Kier molecular flexibility index (Phi) is 3.60. The minimum absolute atomic E-state index is 0.365. The Morgan fingerprint density at radius 2 is 2.00 bits per heavy atom. The highest BCUT2D eigenvalue weighted by Gasteiger charge is 2.19. The van der Waals surface area contributed by atoms with Crippen LogP contribution < -0.4 is 5.32 Å². The highest BCUT2D eigenvalue weighted by Crippen LogP contribution is 2.23. The molecule has 98 valence electrons. The van der Waals surface area contributed by atoms with Crippen molar-refractivity contribution in [3.63, 3.8) is 0 Å². The third-order valence-corrected chi connectivity index (χ3v) is 4.02. The van der Waals surface area contributed by atoms with E-state index in [1.165, 1.54) is 29.5 Å². The van der Waals surface area contributed by atoms with Crippen molar-refractivity contribution < 1.29 is 0 Å². The van der Waals surface area contributed by atoms with Gasteiger partial charge in [-0.15, -0.1) is 0 Å². The maximum absolute atomic E-state index is 4.19. The van der Waals surface area contributed by atoms with E-state index in [0.29, 0.717) is 12.1 Å². The monoisotopic (exact) mass is 252 g/mol. The first-order chi connectivity index (χ1) is 9.33. The molecule has 3 rings (SSSR count). The summed E-state index contributed by atoms with van der Waals surface area (Å²) in [5.41, 5.74) is 4.29. The van der Waals surface area contributed by atoms with Gasteiger partial charge in [-0.3, -0.25) is 4.98 Å². The number of nitrogens with one attached hydrogen (secondary N) is 1. The van der Waals surface area contributed by atoms with Crippen molar-refractivity contribution in [2.24, 2.45) is 0 Å². The Balaban J connectivity index is 1.66. The zero-order valence-electron chi connectivity index (χ0n) is 11.3. The number of hydrogen-bond acceptors (Lipinski definition) is 2. The summed E-state index contributed by atoms with van der Waals surface area (Å²) in [6, 6.07) is 13.9. The standard InChI is InChI=1S/C17H20N2/c1-13(16-7-4-10-18-12-16)19-17-9-8-14-5-2-3-6-15(14)11-17/h2-7,10,12-13,17,19H,8-9,11H2,1H3. The lowest BCUT2D eigenvalue weighted by Gasteiger charge is -2.28. The molecule has 1 N–H and O–H groups in total. The molecule has 1 heterocycles. The molecule has 2 atom stereocenters. The Morgan fingerprint density at radius 3 is 2.79 bits per heavy atom. The van der Waals surface area contributed by atoms with Crippen LogP contribution in [-0.4, -0.2) is 11.0 Å². The van der Waals surface area contributed by atoms with Crippen molar-refractivity contribution in [2.45, 2.75) is 38.3 Å². The molecule has 1 aromatic heterocycles. The zero-order valence-corrected chi connectivity index (χ0v) is 11.3. The first-order valence-corrected chi connectivity index (χ1v) is 7.05. The molecule has 1 aliphatic rings. The van der Waals surface area contributed by atoms with Crippen LogP contribution in [0.25, 0.3) is 0 Å². The van der Waals surface area contributed by atoms with E-state index < -0.39 is 0 Å². The predicted octanol–water partition coefficient (Wildman–Crippen LogP) is 3.29. The van der Waals surface area contributed by atoms with E-state index >= 15 is 0 Å². The van der Waals surface area contributed by atoms with Crippen LogP contribution in [0.15, 0.2) is 48.8 Å². The molecule has 0 aliphatic heterocycles. The molecule has 1 aromatic carbocycles. The van der Waals surface area contributed by atoms with Gasteiger partial charge in [0.2, 0.25) is 0 Å². The number of benzene rings is 1. The van der Waals surface area contributed by atoms with Crippen LogP contribution in [0.2, 0.25) is 0 Å². The topological polar surface area (TPSA) is 24.9 Å². The summed E-state index contributed by atoms with van der Waals surface area (Å²) in [6.45, 7) is 2.22. The van der Waals surface area contributed by atoms with Gasteiger partial charge in [-0.05, 0) is 48.9 Å². The second-order valence-corrected chi connectivity index (χ2v) is 5.38. The Labute approximate surface area is 114 Å². The van der Waals surface area contributed by atoms with E-state index in [9.17, 15) is 0 Å². The minimum atomic E-state index is 0.365. The second-order valence-electron chi connectivity index (χ2n) is 5.38. The zero-order chi connectivity index (χ0) is 13.1. The molecule has 0 bridgehead atoms. The van der Waals surface area contributed by atoms with E-state index in [0.717, 1.165) is 6.42 Å². The highest BCUT2D eigenvalue weighted by molar-refractivity contribution is 5.30. The van der Waals surface area contributed by atoms with Gasteiger partial charge in [0.05, 0.1) is 0 Å². The summed E-state index contributed by atoms with van der Waals surface area (Å²) in [6.07, 6.45) is 7.33. The van der Waals surface area contributed by atoms with E-state index in [4.69, 9.17) is 0 Å². The minimum Gasteiger partial charge on any atom is -0.307 e. The van der Waals surface area contributed by atoms with Gasteiger partial charge in [-0.1, -0.05) is 30.3 Å². The van der Waals surface area contributed by atoms with Gasteiger partial charge in [0.15, 0.2) is 0 Å². The number of pyridine rings is 1. The van der Waals surface area contributed by atoms with Crippen LogP contribution >= 0.6 is 0 Å². The van der Waals surface area contributed by atoms with Gasteiger partial charge in [-0.25, -0.2) is 0 Å². The molecule has 0 saturated carbocycles. The fourth-order valence-corrected chi connectivity index (χ4v) is 2.92. The van der Waals surface area contributed by atoms with Crippen molar-refractivity contribution in [3.8, 4) is 0 Å². The lowest BCUT2D eigenvalue weighted by molar-refractivity contribution is 0.413. The van der Waals surface area contributed by atoms with Crippen LogP contribution in [0.5, 0.6) is 0 Å². The average Bonchev–Trinajstić information content (AvgIpc) is 2.48. The summed E-state index contributed by atoms with van der Waals surface area (Å²) in [5.74, 6) is 0. The third-order valence-electron chi connectivity index (χ3n) is 4.02. The molecule has 2 nitrogen and oxygen atoms in total. The largest absolute Gasteiger partial charge is 0.307 e. The van der Waals surface area contributed by atoms with E-state index in [1.54, 1.807) is 0 Å². The SMILES string of the molecule is CC(NC1CCc2ccccc2C1)c1cccnc1. The van der Waals surface area contributed by atoms with Crippen molar-refractivity contribution in [1.29, 1.82) is 0 Å². The molecular weight excluding hydrogens is 232 g/mol. The van der Waals surface area contributed by atoms with Crippen LogP contribution in [0.3, 0.4) is 0 Å². The maximum atomic E-state index is 4.19. The number of hydrogen-bond donors (Lipinski definition) is 1. The maximum Gasteiger partial charge on any atom is 0.0315 e. The third kappa shape index (κ3) is 2.85. The van der Waals surface area contributed by atoms with Crippen LogP contribution in [-0.2, 0) is 12.8 Å². The summed E-state index contributed by atoms with van der Waals surface area (Å²) in [7, 11) is 0. The molecule has 0 fully saturated rings. The van der Waals surface area contributed by atoms with Crippen LogP contribution in [0, 0.1) is 0 Å². The van der Waals surface area contributed by atoms with Gasteiger partial charge >= 0.3 is 0 Å². The van der Waals surface area contributed by atoms with Crippen LogP contribution in [0.4, 0.5) is 0 Å². The van der Waals surface area contributed by atoms with E-state index in [1.807, 2.05) is 18.5 Å². The van der Waals surface area contributed by atoms with Crippen molar-refractivity contribution in [3.05, 3.63) is 65.5 Å². The fraction of sp³-hybridized carbons (Fsp3) is 0.353. The predicted molar refractivity (Wildman–Crippen MR) is 78.0 cm³/mol.